The fraction of sp³-hybridized carbons (Fsp3) is 0. The maximum absolute atomic E-state index is 0. The molecule has 0 unspecified atom stereocenters. The molecule has 9 heteroatoms. The van der Waals surface area contributed by atoms with E-state index in [1.54, 1.807) is 0 Å². The second-order valence-corrected chi connectivity index (χ2v) is 0. The molecule has 0 aromatic heterocycles. The molecule has 0 spiro atoms. The predicted molar refractivity (Wildman–Crippen MR) is 3.43 cm³/mol. The van der Waals surface area contributed by atoms with Crippen molar-refractivity contribution in [3.05, 3.63) is 0 Å². The van der Waals surface area contributed by atoms with Crippen LogP contribution < -0.4 is 0 Å². The second-order valence-electron chi connectivity index (χ2n) is 0. The normalized spacial score (nSPS) is 0. The van der Waals surface area contributed by atoms with Crippen LogP contribution in [0.5, 0.6) is 0 Å². The van der Waals surface area contributed by atoms with Crippen molar-refractivity contribution in [2.75, 3.05) is 0 Å². The molecule has 5 nitrogen and oxygen atoms in total. The third kappa shape index (κ3) is 177. The van der Waals surface area contributed by atoms with Gasteiger partial charge in [0.1, 0.15) is 0 Å². The van der Waals surface area contributed by atoms with Crippen LogP contribution in [0.3, 0.4) is 0 Å². The zero-order chi connectivity index (χ0) is 0. The Morgan fingerprint density at radius 3 is 0.556 bits per heavy atom. The Balaban J connectivity index is 0. The summed E-state index contributed by atoms with van der Waals surface area (Å²) in [6.07, 6.45) is 0. The average Bonchev–Trinajstić information content (AvgIpc) is 0. The molecule has 0 aromatic rings. The largest absolute Gasteiger partial charge is 3.00 e. The molecule has 0 atom stereocenters. The van der Waals surface area contributed by atoms with Crippen LogP contribution in [-0.4, -0.2) is 0 Å². The van der Waals surface area contributed by atoms with E-state index in [0.29, 0.717) is 0 Å². The average molecular weight is 305 g/mol. The van der Waals surface area contributed by atoms with Gasteiger partial charge in [-0.25, -0.2) is 0 Å². The first-order valence-corrected chi connectivity index (χ1v) is 0. The summed E-state index contributed by atoms with van der Waals surface area (Å²) >= 11 is 0. The van der Waals surface area contributed by atoms with E-state index in [9.17, 15) is 0 Å². The van der Waals surface area contributed by atoms with Gasteiger partial charge < -0.3 is 27.4 Å². The molecule has 0 aliphatic rings. The van der Waals surface area contributed by atoms with Crippen LogP contribution in [0.15, 0.2) is 0 Å². The number of rotatable bonds is 0. The molecular weight excluding hydrogens is 305 g/mol. The Morgan fingerprint density at radius 1 is 0.556 bits per heavy atom. The van der Waals surface area contributed by atoms with Crippen LogP contribution in [-0.2, 0) is 95.1 Å². The summed E-state index contributed by atoms with van der Waals surface area (Å²) in [5.74, 6) is 0. The minimum atomic E-state index is 0. The van der Waals surface area contributed by atoms with Crippen LogP contribution in [0.4, 0.5) is 0 Å². The Labute approximate surface area is 94.6 Å². The van der Waals surface area contributed by atoms with Crippen molar-refractivity contribution in [2.45, 2.75) is 0 Å². The van der Waals surface area contributed by atoms with Crippen LogP contribution in [0.2, 0.25) is 0 Å². The molecule has 0 aliphatic heterocycles. The van der Waals surface area contributed by atoms with Gasteiger partial charge in [-0.1, -0.05) is 0 Å². The Morgan fingerprint density at radius 2 is 0.556 bits per heavy atom. The number of hydrogen-bond donors (Lipinski definition) is 0. The van der Waals surface area contributed by atoms with Crippen molar-refractivity contribution < 1.29 is 95.1 Å². The topological polar surface area (TPSA) is 142 Å². The predicted octanol–water partition coefficient (Wildman–Crippen LogP) is -0.604. The van der Waals surface area contributed by atoms with E-state index in [-0.39, 0.29) is 95.1 Å². The molecule has 0 amide bonds. The van der Waals surface area contributed by atoms with Gasteiger partial charge in [0, 0.05) is 0 Å². The smallest absolute Gasteiger partial charge is 2.00 e. The minimum Gasteiger partial charge on any atom is -2.00 e. The van der Waals surface area contributed by atoms with Crippen LogP contribution in [0, 0.1) is 0 Å². The van der Waals surface area contributed by atoms with Crippen LogP contribution in [0.1, 0.15) is 0 Å². The van der Waals surface area contributed by atoms with Gasteiger partial charge in [0.05, 0.1) is 0 Å². The summed E-state index contributed by atoms with van der Waals surface area (Å²) in [6, 6.07) is 0. The minimum absolute atomic E-state index is 0. The molecule has 0 heterocycles. The van der Waals surface area contributed by atoms with Gasteiger partial charge in [0.2, 0.25) is 0 Å². The zero-order valence-corrected chi connectivity index (χ0v) is 7.86. The Hall–Kier alpha value is 1.85. The monoisotopic (exact) mass is 305 g/mol. The van der Waals surface area contributed by atoms with Crippen molar-refractivity contribution in [2.24, 2.45) is 0 Å². The van der Waals surface area contributed by atoms with E-state index in [1.807, 2.05) is 0 Å². The van der Waals surface area contributed by atoms with E-state index in [4.69, 9.17) is 0 Å². The van der Waals surface area contributed by atoms with E-state index in [2.05, 4.69) is 0 Å². The third-order valence-corrected chi connectivity index (χ3v) is 0. The molecule has 0 aliphatic carbocycles. The fourth-order valence-corrected chi connectivity index (χ4v) is 0. The second kappa shape index (κ2) is 225. The van der Waals surface area contributed by atoms with E-state index in [1.165, 1.54) is 0 Å². The molecule has 0 rings (SSSR count). The summed E-state index contributed by atoms with van der Waals surface area (Å²) < 4.78 is 0. The third-order valence-electron chi connectivity index (χ3n) is 0. The maximum atomic E-state index is 0. The van der Waals surface area contributed by atoms with Crippen molar-refractivity contribution >= 4 is 0 Å². The van der Waals surface area contributed by atoms with E-state index < -0.39 is 0 Å². The Kier molecular flexibility index (Phi) is 7680. The van der Waals surface area contributed by atoms with Crippen molar-refractivity contribution in [3.8, 4) is 0 Å². The quantitative estimate of drug-likeness (QED) is 0.526. The maximum Gasteiger partial charge on any atom is 3.00 e. The van der Waals surface area contributed by atoms with Gasteiger partial charge in [0.15, 0.2) is 0 Å². The van der Waals surface area contributed by atoms with Crippen LogP contribution in [0.25, 0.3) is 0 Å². The summed E-state index contributed by atoms with van der Waals surface area (Å²) in [5, 5.41) is 0. The molecule has 9 heavy (non-hydrogen) atoms. The van der Waals surface area contributed by atoms with E-state index >= 15 is 0 Å². The summed E-state index contributed by atoms with van der Waals surface area (Å²) in [7, 11) is 0. The molecule has 3 radical (unpaired) electrons. The van der Waals surface area contributed by atoms with Gasteiger partial charge in [-0.2, -0.15) is 0 Å². The van der Waals surface area contributed by atoms with Crippen molar-refractivity contribution in [3.63, 3.8) is 0 Å². The summed E-state index contributed by atoms with van der Waals surface area (Å²) in [4.78, 5) is 0. The zero-order valence-electron chi connectivity index (χ0n) is 3.45. The number of hydrogen-bond acceptors (Lipinski definition) is 0. The van der Waals surface area contributed by atoms with Gasteiger partial charge in [-0.15, -0.1) is 0 Å². The first kappa shape index (κ1) is 307. The van der Waals surface area contributed by atoms with Gasteiger partial charge in [-0.3, -0.25) is 0 Å². The van der Waals surface area contributed by atoms with Crippen molar-refractivity contribution in [1.29, 1.82) is 0 Å². The molecule has 63 valence electrons. The SMILES string of the molecule is [Co+2].[Cr+3].[Fe+3].[Ni+2].[O-2].[O-2].[O-2].[O-2].[O-2]. The molecular formula is CoCrFeNiO5. The standard InChI is InChI=1S/Co.Cr.Fe.Ni.5O/q+2;2*+3;+2;5*-2. The van der Waals surface area contributed by atoms with Gasteiger partial charge >= 0.3 is 67.7 Å². The molecule has 0 saturated heterocycles. The molecule has 0 aromatic carbocycles. The molecule has 0 saturated carbocycles. The van der Waals surface area contributed by atoms with Crippen LogP contribution >= 0.6 is 0 Å². The van der Waals surface area contributed by atoms with E-state index in [0.717, 1.165) is 0 Å². The first-order chi connectivity index (χ1) is 0. The van der Waals surface area contributed by atoms with Gasteiger partial charge in [0.25, 0.3) is 0 Å². The fourth-order valence-electron chi connectivity index (χ4n) is 0. The van der Waals surface area contributed by atoms with Crippen molar-refractivity contribution in [1.82, 2.24) is 0 Å². The molecule has 0 N–H and O–H groups in total. The van der Waals surface area contributed by atoms with Gasteiger partial charge in [-0.05, 0) is 0 Å². The first-order valence-electron chi connectivity index (χ1n) is 0. The Bertz CT molecular complexity index is 16.9. The molecule has 0 bridgehead atoms. The molecule has 0 fully saturated rings. The summed E-state index contributed by atoms with van der Waals surface area (Å²) in [5.41, 5.74) is 0. The summed E-state index contributed by atoms with van der Waals surface area (Å²) in [6.45, 7) is 0.